The molecule has 0 amide bonds. The Kier molecular flexibility index (Phi) is 4.55. The molecule has 1 aromatic heterocycles. The zero-order valence-electron chi connectivity index (χ0n) is 14.6. The van der Waals surface area contributed by atoms with E-state index in [1.54, 1.807) is 22.5 Å². The number of halogens is 1. The van der Waals surface area contributed by atoms with Crippen LogP contribution in [-0.4, -0.2) is 30.3 Å². The van der Waals surface area contributed by atoms with Crippen molar-refractivity contribution in [3.8, 4) is 0 Å². The van der Waals surface area contributed by atoms with E-state index in [0.717, 1.165) is 30.3 Å². The third-order valence-electron chi connectivity index (χ3n) is 5.19. The first-order chi connectivity index (χ1) is 12.5. The summed E-state index contributed by atoms with van der Waals surface area (Å²) in [4.78, 5) is 3.60. The Morgan fingerprint density at radius 1 is 1.23 bits per heavy atom. The average molecular weight is 389 g/mol. The second kappa shape index (κ2) is 6.72. The maximum absolute atomic E-state index is 13.2. The first-order valence-electron chi connectivity index (χ1n) is 8.80. The van der Waals surface area contributed by atoms with Crippen molar-refractivity contribution in [1.82, 2.24) is 9.29 Å². The molecule has 1 aliphatic rings. The number of nitrogens with one attached hydrogen (secondary N) is 1. The number of fused-ring (bicyclic) bond motifs is 1. The lowest BCUT2D eigenvalue weighted by Gasteiger charge is -2.24. The van der Waals surface area contributed by atoms with Gasteiger partial charge in [-0.1, -0.05) is 29.8 Å². The predicted molar refractivity (Wildman–Crippen MR) is 105 cm³/mol. The number of hydrogen-bond donors (Lipinski definition) is 1. The molecular weight excluding hydrogens is 368 g/mol. The van der Waals surface area contributed by atoms with Gasteiger partial charge in [0.1, 0.15) is 0 Å². The van der Waals surface area contributed by atoms with Crippen molar-refractivity contribution < 1.29 is 8.42 Å². The Hall–Kier alpha value is -1.82. The molecule has 136 valence electrons. The minimum Gasteiger partial charge on any atom is -0.361 e. The van der Waals surface area contributed by atoms with Crippen LogP contribution in [0.2, 0.25) is 5.02 Å². The Balaban J connectivity index is 1.64. The molecule has 2 heterocycles. The van der Waals surface area contributed by atoms with Crippen LogP contribution >= 0.6 is 11.6 Å². The lowest BCUT2D eigenvalue weighted by molar-refractivity contribution is 0.386. The molecule has 1 unspecified atom stereocenters. The summed E-state index contributed by atoms with van der Waals surface area (Å²) in [5, 5.41) is 1.75. The highest BCUT2D eigenvalue weighted by Gasteiger charge is 2.35. The van der Waals surface area contributed by atoms with Gasteiger partial charge in [0.25, 0.3) is 0 Å². The van der Waals surface area contributed by atoms with Crippen molar-refractivity contribution in [2.75, 3.05) is 6.54 Å². The van der Waals surface area contributed by atoms with E-state index in [1.165, 1.54) is 10.9 Å². The van der Waals surface area contributed by atoms with Crippen molar-refractivity contribution >= 4 is 32.5 Å². The fourth-order valence-corrected chi connectivity index (χ4v) is 5.69. The van der Waals surface area contributed by atoms with Gasteiger partial charge in [0.2, 0.25) is 10.0 Å². The summed E-state index contributed by atoms with van der Waals surface area (Å²) in [7, 11) is -3.52. The fraction of sp³-hybridized carbons (Fsp3) is 0.300. The van der Waals surface area contributed by atoms with E-state index in [2.05, 4.69) is 11.1 Å². The first kappa shape index (κ1) is 17.6. The molecule has 4 rings (SSSR count). The van der Waals surface area contributed by atoms with Gasteiger partial charge in [-0.15, -0.1) is 0 Å². The van der Waals surface area contributed by atoms with E-state index in [9.17, 15) is 8.42 Å². The van der Waals surface area contributed by atoms with E-state index in [0.29, 0.717) is 16.5 Å². The van der Waals surface area contributed by atoms with Gasteiger partial charge in [0.15, 0.2) is 0 Å². The summed E-state index contributed by atoms with van der Waals surface area (Å²) < 4.78 is 28.0. The number of benzene rings is 2. The maximum Gasteiger partial charge on any atom is 0.243 e. The molecule has 0 spiro atoms. The van der Waals surface area contributed by atoms with Gasteiger partial charge in [-0.25, -0.2) is 8.42 Å². The third-order valence-corrected chi connectivity index (χ3v) is 7.56. The monoisotopic (exact) mass is 388 g/mol. The zero-order chi connectivity index (χ0) is 18.3. The Morgan fingerprint density at radius 3 is 2.85 bits per heavy atom. The van der Waals surface area contributed by atoms with Crippen LogP contribution in [0, 0.1) is 6.92 Å². The van der Waals surface area contributed by atoms with Crippen molar-refractivity contribution in [3.63, 3.8) is 0 Å². The van der Waals surface area contributed by atoms with Gasteiger partial charge in [-0.3, -0.25) is 0 Å². The predicted octanol–water partition coefficient (Wildman–Crippen LogP) is 4.53. The first-order valence-corrected chi connectivity index (χ1v) is 10.6. The molecule has 2 aromatic carbocycles. The normalized spacial score (nSPS) is 18.6. The number of hydrogen-bond acceptors (Lipinski definition) is 2. The van der Waals surface area contributed by atoms with Crippen LogP contribution in [0.15, 0.2) is 53.6 Å². The minimum atomic E-state index is -3.52. The Labute approximate surface area is 158 Å². The van der Waals surface area contributed by atoms with E-state index < -0.39 is 10.0 Å². The largest absolute Gasteiger partial charge is 0.361 e. The molecule has 1 atom stereocenters. The van der Waals surface area contributed by atoms with Crippen molar-refractivity contribution in [1.29, 1.82) is 0 Å². The summed E-state index contributed by atoms with van der Waals surface area (Å²) in [6.45, 7) is 2.39. The Bertz CT molecular complexity index is 1060. The lowest BCUT2D eigenvalue weighted by atomic mass is 10.0. The van der Waals surface area contributed by atoms with Gasteiger partial charge < -0.3 is 4.98 Å². The fourth-order valence-electron chi connectivity index (χ4n) is 3.80. The zero-order valence-corrected chi connectivity index (χ0v) is 16.1. The molecule has 26 heavy (non-hydrogen) atoms. The van der Waals surface area contributed by atoms with Crippen LogP contribution in [0.5, 0.6) is 0 Å². The molecule has 1 saturated heterocycles. The number of H-pyrrole nitrogens is 1. The molecule has 6 heteroatoms. The van der Waals surface area contributed by atoms with Crippen molar-refractivity contribution in [2.24, 2.45) is 0 Å². The SMILES string of the molecule is Cc1cc(S(=O)(=O)N2CCCC2Cc2c[nH]c3ccccc23)ccc1Cl. The topological polar surface area (TPSA) is 53.2 Å². The summed E-state index contributed by atoms with van der Waals surface area (Å²) >= 11 is 6.06. The second-order valence-corrected chi connectivity index (χ2v) is 9.18. The quantitative estimate of drug-likeness (QED) is 0.714. The van der Waals surface area contributed by atoms with Gasteiger partial charge in [0.05, 0.1) is 4.90 Å². The van der Waals surface area contributed by atoms with E-state index in [4.69, 9.17) is 11.6 Å². The van der Waals surface area contributed by atoms with Crippen LogP contribution in [0.25, 0.3) is 10.9 Å². The molecule has 0 radical (unpaired) electrons. The summed E-state index contributed by atoms with van der Waals surface area (Å²) in [6.07, 6.45) is 4.49. The molecule has 4 nitrogen and oxygen atoms in total. The maximum atomic E-state index is 13.2. The van der Waals surface area contributed by atoms with Crippen molar-refractivity contribution in [2.45, 2.75) is 37.1 Å². The third kappa shape index (κ3) is 3.04. The van der Waals surface area contributed by atoms with E-state index in [1.807, 2.05) is 31.3 Å². The number of para-hydroxylation sites is 1. The van der Waals surface area contributed by atoms with Crippen LogP contribution in [-0.2, 0) is 16.4 Å². The number of aromatic amines is 1. The summed E-state index contributed by atoms with van der Waals surface area (Å²) in [6, 6.07) is 13.0. The highest BCUT2D eigenvalue weighted by atomic mass is 35.5. The number of aromatic nitrogens is 1. The highest BCUT2D eigenvalue weighted by Crippen LogP contribution is 2.31. The summed E-state index contributed by atoms with van der Waals surface area (Å²) in [5.74, 6) is 0. The molecule has 1 fully saturated rings. The Morgan fingerprint density at radius 2 is 2.04 bits per heavy atom. The van der Waals surface area contributed by atoms with Crippen LogP contribution in [0.1, 0.15) is 24.0 Å². The molecule has 0 aliphatic carbocycles. The van der Waals surface area contributed by atoms with Gasteiger partial charge in [0, 0.05) is 34.7 Å². The molecule has 3 aromatic rings. The summed E-state index contributed by atoms with van der Waals surface area (Å²) in [5.41, 5.74) is 3.03. The average Bonchev–Trinajstić information content (AvgIpc) is 3.25. The number of sulfonamides is 1. The number of nitrogens with zero attached hydrogens (tertiary/aromatic N) is 1. The number of aryl methyl sites for hydroxylation is 1. The minimum absolute atomic E-state index is 0.0183. The van der Waals surface area contributed by atoms with Crippen LogP contribution < -0.4 is 0 Å². The van der Waals surface area contributed by atoms with Crippen LogP contribution in [0.3, 0.4) is 0 Å². The molecule has 1 N–H and O–H groups in total. The standard InChI is InChI=1S/C20H21ClN2O2S/c1-14-11-17(8-9-19(14)21)26(24,25)23-10-4-5-16(23)12-15-13-22-20-7-3-2-6-18(15)20/h2-3,6-9,11,13,16,22H,4-5,10,12H2,1H3. The molecular formula is C20H21ClN2O2S. The smallest absolute Gasteiger partial charge is 0.243 e. The van der Waals surface area contributed by atoms with E-state index >= 15 is 0 Å². The second-order valence-electron chi connectivity index (χ2n) is 6.89. The molecule has 1 aliphatic heterocycles. The van der Waals surface area contributed by atoms with Crippen LogP contribution in [0.4, 0.5) is 0 Å². The van der Waals surface area contributed by atoms with Crippen molar-refractivity contribution in [3.05, 3.63) is 64.8 Å². The number of rotatable bonds is 4. The lowest BCUT2D eigenvalue weighted by Crippen LogP contribution is -2.36. The molecule has 0 bridgehead atoms. The molecule has 0 saturated carbocycles. The van der Waals surface area contributed by atoms with Gasteiger partial charge in [-0.05, 0) is 61.6 Å². The highest BCUT2D eigenvalue weighted by molar-refractivity contribution is 7.89. The van der Waals surface area contributed by atoms with E-state index in [-0.39, 0.29) is 6.04 Å². The van der Waals surface area contributed by atoms with Gasteiger partial charge >= 0.3 is 0 Å². The van der Waals surface area contributed by atoms with Gasteiger partial charge in [-0.2, -0.15) is 4.31 Å².